The number of carbonyl (C=O) groups is 2. The lowest BCUT2D eigenvalue weighted by atomic mass is 9.90. The van der Waals surface area contributed by atoms with E-state index < -0.39 is 6.29 Å². The van der Waals surface area contributed by atoms with Crippen LogP contribution in [0.5, 0.6) is 0 Å². The van der Waals surface area contributed by atoms with Gasteiger partial charge in [0.15, 0.2) is 11.4 Å². The van der Waals surface area contributed by atoms with Gasteiger partial charge in [0.05, 0.1) is 49.4 Å². The normalized spacial score (nSPS) is 20.9. The number of imidazole rings is 1. The van der Waals surface area contributed by atoms with Crippen LogP contribution in [0.25, 0.3) is 11.1 Å². The molecule has 0 saturated carbocycles. The van der Waals surface area contributed by atoms with Crippen LogP contribution in [0.4, 0.5) is 0 Å². The molecule has 47 heavy (non-hydrogen) atoms. The first-order valence-electron chi connectivity index (χ1n) is 15.3. The van der Waals surface area contributed by atoms with Gasteiger partial charge in [-0.3, -0.25) is 14.5 Å². The molecule has 0 unspecified atom stereocenters. The van der Waals surface area contributed by atoms with Gasteiger partial charge in [0, 0.05) is 11.5 Å². The van der Waals surface area contributed by atoms with Crippen LogP contribution in [0.1, 0.15) is 62.3 Å². The molecule has 2 aliphatic heterocycles. The van der Waals surface area contributed by atoms with Crippen molar-refractivity contribution in [3.05, 3.63) is 147 Å². The van der Waals surface area contributed by atoms with Gasteiger partial charge in [-0.25, -0.2) is 4.98 Å². The number of aromatic nitrogens is 2. The van der Waals surface area contributed by atoms with Crippen molar-refractivity contribution < 1.29 is 24.2 Å². The van der Waals surface area contributed by atoms with E-state index in [2.05, 4.69) is 11.9 Å². The maximum atomic E-state index is 12.9. The number of ether oxygens (including phenoxy) is 2. The predicted molar refractivity (Wildman–Crippen MR) is 178 cm³/mol. The van der Waals surface area contributed by atoms with Crippen LogP contribution in [-0.2, 0) is 29.2 Å². The second kappa shape index (κ2) is 13.1. The smallest absolute Gasteiger partial charge is 0.261 e. The summed E-state index contributed by atoms with van der Waals surface area (Å²) < 4.78 is 14.9. The molecule has 10 heteroatoms. The largest absolute Gasteiger partial charge is 0.392 e. The molecule has 0 aliphatic carbocycles. The number of halogens is 2. The van der Waals surface area contributed by atoms with E-state index in [1.807, 2.05) is 72.8 Å². The van der Waals surface area contributed by atoms with Crippen LogP contribution in [0.15, 0.2) is 103 Å². The van der Waals surface area contributed by atoms with Crippen LogP contribution in [0.2, 0.25) is 10.3 Å². The first kappa shape index (κ1) is 31.3. The van der Waals surface area contributed by atoms with E-state index in [-0.39, 0.29) is 48.2 Å². The second-order valence-electron chi connectivity index (χ2n) is 11.9. The number of imide groups is 1. The summed E-state index contributed by atoms with van der Waals surface area (Å²) in [5, 5.41) is 10.1. The minimum absolute atomic E-state index is 0.0341. The Bertz CT molecular complexity index is 1910. The highest BCUT2D eigenvalue weighted by Crippen LogP contribution is 2.43. The Morgan fingerprint density at radius 1 is 0.787 bits per heavy atom. The summed E-state index contributed by atoms with van der Waals surface area (Å²) in [6, 6.07) is 30.5. The maximum absolute atomic E-state index is 12.9. The van der Waals surface area contributed by atoms with Gasteiger partial charge in [0.1, 0.15) is 5.15 Å². The zero-order chi connectivity index (χ0) is 32.7. The number of hydrogen-bond donors (Lipinski definition) is 1. The van der Waals surface area contributed by atoms with E-state index in [0.717, 1.165) is 33.4 Å². The summed E-state index contributed by atoms with van der Waals surface area (Å²) in [5.41, 5.74) is 6.30. The number of fused-ring (bicyclic) bond motifs is 1. The third-order valence-corrected chi connectivity index (χ3v) is 9.66. The Kier molecular flexibility index (Phi) is 8.70. The van der Waals surface area contributed by atoms with Crippen molar-refractivity contribution in [3.8, 4) is 11.1 Å². The number of nitrogens with zero attached hydrogens (tertiary/aromatic N) is 3. The molecule has 8 nitrogen and oxygen atoms in total. The highest BCUT2D eigenvalue weighted by molar-refractivity contribution is 6.40. The van der Waals surface area contributed by atoms with E-state index in [1.54, 1.807) is 35.2 Å². The molecule has 0 bridgehead atoms. The fourth-order valence-corrected chi connectivity index (χ4v) is 6.55. The Balaban J connectivity index is 1.12. The summed E-state index contributed by atoms with van der Waals surface area (Å²) in [7, 11) is 0. The minimum atomic E-state index is -0.661. The zero-order valence-corrected chi connectivity index (χ0v) is 26.9. The predicted octanol–water partition coefficient (Wildman–Crippen LogP) is 7.64. The third kappa shape index (κ3) is 6.11. The van der Waals surface area contributed by atoms with Gasteiger partial charge in [-0.2, -0.15) is 0 Å². The number of carbonyl (C=O) groups excluding carboxylic acids is 2. The van der Waals surface area contributed by atoms with Crippen LogP contribution in [0, 0.1) is 5.92 Å². The van der Waals surface area contributed by atoms with Gasteiger partial charge in [0.25, 0.3) is 11.8 Å². The monoisotopic (exact) mass is 667 g/mol. The van der Waals surface area contributed by atoms with Crippen molar-refractivity contribution >= 4 is 35.0 Å². The molecule has 1 fully saturated rings. The molecule has 4 atom stereocenters. The van der Waals surface area contributed by atoms with Crippen molar-refractivity contribution in [2.45, 2.75) is 45.1 Å². The van der Waals surface area contributed by atoms with Crippen molar-refractivity contribution in [2.24, 2.45) is 5.92 Å². The zero-order valence-electron chi connectivity index (χ0n) is 25.4. The fourth-order valence-electron chi connectivity index (χ4n) is 6.24. The molecule has 0 radical (unpaired) electrons. The van der Waals surface area contributed by atoms with E-state index in [1.165, 1.54) is 4.90 Å². The van der Waals surface area contributed by atoms with Crippen molar-refractivity contribution in [2.75, 3.05) is 0 Å². The summed E-state index contributed by atoms with van der Waals surface area (Å²) >= 11 is 12.5. The average Bonchev–Trinajstić information content (AvgIpc) is 3.55. The number of aliphatic hydroxyl groups excluding tert-OH is 1. The molecule has 1 saturated heterocycles. The SMILES string of the molecule is C[C@H]1[C@@H](Cn2cnc(Cl)c2Cl)O[C@@H](c2ccc(-c3cccc(CN4C(=O)c5ccccc5C4=O)c3)cc2)O[C@H]1c1ccc(CO)cc1. The number of benzene rings is 4. The molecule has 3 heterocycles. The van der Waals surface area contributed by atoms with E-state index in [4.69, 9.17) is 32.7 Å². The lowest BCUT2D eigenvalue weighted by molar-refractivity contribution is -0.276. The van der Waals surface area contributed by atoms with E-state index in [9.17, 15) is 14.7 Å². The molecule has 5 aromatic rings. The topological polar surface area (TPSA) is 93.9 Å². The lowest BCUT2D eigenvalue weighted by Gasteiger charge is -2.41. The second-order valence-corrected chi connectivity index (χ2v) is 12.6. The molecule has 1 N–H and O–H groups in total. The molecule has 4 aromatic carbocycles. The van der Waals surface area contributed by atoms with Gasteiger partial charge >= 0.3 is 0 Å². The van der Waals surface area contributed by atoms with Gasteiger partial charge in [-0.15, -0.1) is 0 Å². The molecule has 2 amide bonds. The first-order chi connectivity index (χ1) is 22.8. The molecular weight excluding hydrogens is 637 g/mol. The standard InChI is InChI=1S/C37H31Cl2N3O5/c1-22-31(19-41-21-40-33(38)34(41)39)46-37(47-32(22)26-11-9-23(20-43)10-12-26)27-15-13-25(14-16-27)28-6-4-5-24(17-28)18-42-35(44)29-7-2-3-8-30(29)36(42)45/h2-17,21-22,31-32,37,43H,18-20H2,1H3/t22-,31+,32+,37+/m0/s1. The van der Waals surface area contributed by atoms with Crippen molar-refractivity contribution in [1.82, 2.24) is 14.5 Å². The van der Waals surface area contributed by atoms with E-state index in [0.29, 0.717) is 22.8 Å². The molecule has 2 aliphatic rings. The Hall–Kier alpha value is -4.31. The number of rotatable bonds is 8. The van der Waals surface area contributed by atoms with Gasteiger partial charge in [0.2, 0.25) is 0 Å². The van der Waals surface area contributed by atoms with Gasteiger partial charge in [-0.05, 0) is 46.0 Å². The number of amides is 2. The minimum Gasteiger partial charge on any atom is -0.392 e. The summed E-state index contributed by atoms with van der Waals surface area (Å²) in [6.07, 6.45) is 0.374. The Morgan fingerprint density at radius 3 is 2.11 bits per heavy atom. The molecular formula is C37H31Cl2N3O5. The van der Waals surface area contributed by atoms with Crippen molar-refractivity contribution in [3.63, 3.8) is 0 Å². The van der Waals surface area contributed by atoms with E-state index >= 15 is 0 Å². The first-order valence-corrected chi connectivity index (χ1v) is 16.1. The summed E-state index contributed by atoms with van der Waals surface area (Å²) in [6.45, 7) is 2.67. The third-order valence-electron chi connectivity index (χ3n) is 8.89. The Morgan fingerprint density at radius 2 is 1.47 bits per heavy atom. The number of hydrogen-bond acceptors (Lipinski definition) is 6. The summed E-state index contributed by atoms with van der Waals surface area (Å²) in [5.74, 6) is -0.601. The quantitative estimate of drug-likeness (QED) is 0.171. The van der Waals surface area contributed by atoms with Crippen LogP contribution < -0.4 is 0 Å². The van der Waals surface area contributed by atoms with Crippen LogP contribution in [0.3, 0.4) is 0 Å². The molecule has 7 rings (SSSR count). The Labute approximate surface area is 282 Å². The molecule has 1 aromatic heterocycles. The maximum Gasteiger partial charge on any atom is 0.261 e. The molecule has 238 valence electrons. The van der Waals surface area contributed by atoms with Gasteiger partial charge < -0.3 is 19.1 Å². The van der Waals surface area contributed by atoms with Crippen LogP contribution >= 0.6 is 23.2 Å². The molecule has 0 spiro atoms. The summed E-state index contributed by atoms with van der Waals surface area (Å²) in [4.78, 5) is 31.2. The fraction of sp³-hybridized carbons (Fsp3) is 0.216. The van der Waals surface area contributed by atoms with Gasteiger partial charge in [-0.1, -0.05) is 109 Å². The highest BCUT2D eigenvalue weighted by Gasteiger charge is 2.39. The van der Waals surface area contributed by atoms with Crippen molar-refractivity contribution in [1.29, 1.82) is 0 Å². The number of aliphatic hydroxyl groups is 1. The van der Waals surface area contributed by atoms with Crippen LogP contribution in [-0.4, -0.2) is 37.5 Å². The highest BCUT2D eigenvalue weighted by atomic mass is 35.5. The lowest BCUT2D eigenvalue weighted by Crippen LogP contribution is -2.39. The average molecular weight is 669 g/mol.